The molecule has 0 aliphatic heterocycles. The standard InChI is InChI=1S/C16H25FN2/c1-10(2)14(16(19-5)11(3)4)15(18)12-6-8-13(17)9-7-12/h6-11,15,19H,18H2,1-5H3/b16-14-. The average Bonchev–Trinajstić information content (AvgIpc) is 2.34. The number of halogens is 1. The molecule has 0 spiro atoms. The number of hydrogen-bond donors (Lipinski definition) is 2. The molecule has 0 saturated heterocycles. The van der Waals surface area contributed by atoms with E-state index in [9.17, 15) is 4.39 Å². The van der Waals surface area contributed by atoms with E-state index in [4.69, 9.17) is 5.73 Å². The first-order valence-electron chi connectivity index (χ1n) is 6.81. The molecule has 3 N–H and O–H groups in total. The van der Waals surface area contributed by atoms with Gasteiger partial charge in [-0.2, -0.15) is 0 Å². The van der Waals surface area contributed by atoms with E-state index in [1.807, 2.05) is 7.05 Å². The molecule has 19 heavy (non-hydrogen) atoms. The van der Waals surface area contributed by atoms with Crippen molar-refractivity contribution < 1.29 is 4.39 Å². The molecule has 0 bridgehead atoms. The molecule has 0 fully saturated rings. The van der Waals surface area contributed by atoms with Gasteiger partial charge in [-0.3, -0.25) is 0 Å². The summed E-state index contributed by atoms with van der Waals surface area (Å²) in [6.45, 7) is 8.56. The summed E-state index contributed by atoms with van der Waals surface area (Å²) in [6, 6.07) is 6.24. The molecule has 0 saturated carbocycles. The number of benzene rings is 1. The van der Waals surface area contributed by atoms with Gasteiger partial charge < -0.3 is 11.1 Å². The van der Waals surface area contributed by atoms with E-state index in [1.54, 1.807) is 12.1 Å². The van der Waals surface area contributed by atoms with Gasteiger partial charge in [0, 0.05) is 12.7 Å². The van der Waals surface area contributed by atoms with E-state index in [2.05, 4.69) is 33.0 Å². The van der Waals surface area contributed by atoms with Gasteiger partial charge in [0.25, 0.3) is 0 Å². The highest BCUT2D eigenvalue weighted by molar-refractivity contribution is 5.32. The Morgan fingerprint density at radius 3 is 1.95 bits per heavy atom. The lowest BCUT2D eigenvalue weighted by atomic mass is 9.86. The van der Waals surface area contributed by atoms with Gasteiger partial charge in [-0.1, -0.05) is 39.8 Å². The maximum absolute atomic E-state index is 13.0. The summed E-state index contributed by atoms with van der Waals surface area (Å²) in [7, 11) is 1.93. The normalized spacial score (nSPS) is 14.6. The minimum Gasteiger partial charge on any atom is -0.391 e. The molecule has 0 radical (unpaired) electrons. The van der Waals surface area contributed by atoms with E-state index < -0.39 is 0 Å². The second-order valence-electron chi connectivity index (χ2n) is 5.46. The number of hydrogen-bond acceptors (Lipinski definition) is 2. The van der Waals surface area contributed by atoms with Gasteiger partial charge in [0.1, 0.15) is 5.82 Å². The third-order valence-corrected chi connectivity index (χ3v) is 3.34. The Hall–Kier alpha value is -1.35. The summed E-state index contributed by atoms with van der Waals surface area (Å²) in [5.74, 6) is 0.488. The van der Waals surface area contributed by atoms with Gasteiger partial charge in [-0.05, 0) is 35.1 Å². The van der Waals surface area contributed by atoms with Crippen LogP contribution in [0.3, 0.4) is 0 Å². The van der Waals surface area contributed by atoms with Crippen LogP contribution in [0, 0.1) is 17.7 Å². The third-order valence-electron chi connectivity index (χ3n) is 3.34. The Balaban J connectivity index is 3.23. The van der Waals surface area contributed by atoms with Crippen molar-refractivity contribution in [3.8, 4) is 0 Å². The molecule has 1 aromatic rings. The van der Waals surface area contributed by atoms with E-state index >= 15 is 0 Å². The molecule has 3 heteroatoms. The third kappa shape index (κ3) is 3.80. The topological polar surface area (TPSA) is 38.0 Å². The maximum Gasteiger partial charge on any atom is 0.123 e. The number of nitrogens with two attached hydrogens (primary N) is 1. The first kappa shape index (κ1) is 15.7. The van der Waals surface area contributed by atoms with Crippen LogP contribution in [-0.4, -0.2) is 7.05 Å². The predicted octanol–water partition coefficient (Wildman–Crippen LogP) is 3.61. The zero-order valence-corrected chi connectivity index (χ0v) is 12.5. The van der Waals surface area contributed by atoms with E-state index in [0.717, 1.165) is 5.56 Å². The Morgan fingerprint density at radius 1 is 1.05 bits per heavy atom. The highest BCUT2D eigenvalue weighted by atomic mass is 19.1. The summed E-state index contributed by atoms with van der Waals surface area (Å²) >= 11 is 0. The fourth-order valence-electron chi connectivity index (χ4n) is 2.45. The monoisotopic (exact) mass is 264 g/mol. The highest BCUT2D eigenvalue weighted by Crippen LogP contribution is 2.30. The van der Waals surface area contributed by atoms with Crippen molar-refractivity contribution in [3.05, 3.63) is 46.9 Å². The molecule has 1 atom stereocenters. The molecular weight excluding hydrogens is 239 g/mol. The van der Waals surface area contributed by atoms with Crippen molar-refractivity contribution in [2.75, 3.05) is 7.05 Å². The van der Waals surface area contributed by atoms with Crippen LogP contribution in [-0.2, 0) is 0 Å². The van der Waals surface area contributed by atoms with Crippen molar-refractivity contribution in [1.29, 1.82) is 0 Å². The lowest BCUT2D eigenvalue weighted by Gasteiger charge is -2.26. The number of nitrogens with one attached hydrogen (secondary N) is 1. The van der Waals surface area contributed by atoms with Crippen molar-refractivity contribution in [2.45, 2.75) is 33.7 Å². The molecule has 0 heterocycles. The zero-order chi connectivity index (χ0) is 14.6. The van der Waals surface area contributed by atoms with Gasteiger partial charge in [0.15, 0.2) is 0 Å². The lowest BCUT2D eigenvalue weighted by molar-refractivity contribution is 0.589. The molecule has 0 amide bonds. The van der Waals surface area contributed by atoms with E-state index in [-0.39, 0.29) is 11.9 Å². The first-order valence-corrected chi connectivity index (χ1v) is 6.81. The van der Waals surface area contributed by atoms with Crippen LogP contribution in [0.25, 0.3) is 0 Å². The van der Waals surface area contributed by atoms with Crippen LogP contribution in [0.5, 0.6) is 0 Å². The van der Waals surface area contributed by atoms with Crippen LogP contribution in [0.15, 0.2) is 35.5 Å². The van der Waals surface area contributed by atoms with Gasteiger partial charge >= 0.3 is 0 Å². The highest BCUT2D eigenvalue weighted by Gasteiger charge is 2.20. The van der Waals surface area contributed by atoms with Crippen LogP contribution < -0.4 is 11.1 Å². The molecular formula is C16H25FN2. The first-order chi connectivity index (χ1) is 8.88. The zero-order valence-electron chi connectivity index (χ0n) is 12.5. The summed E-state index contributed by atoms with van der Waals surface area (Å²) < 4.78 is 13.0. The SMILES string of the molecule is CN/C(=C(/C(C)C)C(N)c1ccc(F)cc1)C(C)C. The molecule has 2 nitrogen and oxygen atoms in total. The fourth-order valence-corrected chi connectivity index (χ4v) is 2.45. The van der Waals surface area contributed by atoms with Crippen LogP contribution in [0.1, 0.15) is 39.3 Å². The molecule has 0 aliphatic carbocycles. The molecule has 106 valence electrons. The molecule has 1 rings (SSSR count). The largest absolute Gasteiger partial charge is 0.391 e. The van der Waals surface area contributed by atoms with E-state index in [1.165, 1.54) is 23.4 Å². The Labute approximate surface area is 115 Å². The molecule has 0 aliphatic rings. The summed E-state index contributed by atoms with van der Waals surface area (Å²) in [4.78, 5) is 0. The minimum atomic E-state index is -0.233. The molecule has 0 aromatic heterocycles. The van der Waals surface area contributed by atoms with Crippen molar-refractivity contribution in [2.24, 2.45) is 17.6 Å². The summed E-state index contributed by atoms with van der Waals surface area (Å²) in [5.41, 5.74) is 9.68. The van der Waals surface area contributed by atoms with Crippen molar-refractivity contribution >= 4 is 0 Å². The molecule has 1 unspecified atom stereocenters. The minimum absolute atomic E-state index is 0.203. The number of rotatable bonds is 5. The van der Waals surface area contributed by atoms with Gasteiger partial charge in [-0.15, -0.1) is 0 Å². The van der Waals surface area contributed by atoms with E-state index in [0.29, 0.717) is 11.8 Å². The van der Waals surface area contributed by atoms with Crippen LogP contribution >= 0.6 is 0 Å². The average molecular weight is 264 g/mol. The van der Waals surface area contributed by atoms with Gasteiger partial charge in [0.2, 0.25) is 0 Å². The molecule has 1 aromatic carbocycles. The number of allylic oxidation sites excluding steroid dienone is 1. The van der Waals surface area contributed by atoms with Gasteiger partial charge in [-0.25, -0.2) is 4.39 Å². The van der Waals surface area contributed by atoms with Crippen LogP contribution in [0.4, 0.5) is 4.39 Å². The maximum atomic E-state index is 13.0. The van der Waals surface area contributed by atoms with Crippen LogP contribution in [0.2, 0.25) is 0 Å². The summed E-state index contributed by atoms with van der Waals surface area (Å²) in [6.07, 6.45) is 0. The predicted molar refractivity (Wildman–Crippen MR) is 79.1 cm³/mol. The second-order valence-corrected chi connectivity index (χ2v) is 5.46. The quantitative estimate of drug-likeness (QED) is 0.852. The van der Waals surface area contributed by atoms with Crippen molar-refractivity contribution in [1.82, 2.24) is 5.32 Å². The Bertz CT molecular complexity index is 433. The summed E-state index contributed by atoms with van der Waals surface area (Å²) in [5, 5.41) is 3.27. The fraction of sp³-hybridized carbons (Fsp3) is 0.500. The van der Waals surface area contributed by atoms with Crippen molar-refractivity contribution in [3.63, 3.8) is 0 Å². The Morgan fingerprint density at radius 2 is 1.58 bits per heavy atom. The lowest BCUT2D eigenvalue weighted by Crippen LogP contribution is -2.25. The van der Waals surface area contributed by atoms with Gasteiger partial charge in [0.05, 0.1) is 6.04 Å². The second kappa shape index (κ2) is 6.71. The smallest absolute Gasteiger partial charge is 0.123 e. The Kier molecular flexibility index (Phi) is 5.55.